The minimum Gasteiger partial charge on any atom is -0.373 e. The molecule has 0 fully saturated rings. The van der Waals surface area contributed by atoms with Crippen molar-refractivity contribution in [2.75, 3.05) is 24.3 Å². The van der Waals surface area contributed by atoms with Gasteiger partial charge in [0, 0.05) is 37.4 Å². The molecule has 2 rings (SSSR count). The zero-order chi connectivity index (χ0) is 12.3. The molecule has 5 heteroatoms. The van der Waals surface area contributed by atoms with Crippen LogP contribution in [-0.4, -0.2) is 24.1 Å². The van der Waals surface area contributed by atoms with Crippen molar-refractivity contribution in [2.24, 2.45) is 0 Å². The van der Waals surface area contributed by atoms with Gasteiger partial charge in [0.2, 0.25) is 0 Å². The third-order valence-electron chi connectivity index (χ3n) is 2.51. The minimum atomic E-state index is 0.817. The fraction of sp³-hybridized carbons (Fsp3) is 0.333. The third-order valence-corrected chi connectivity index (χ3v) is 3.33. The smallest absolute Gasteiger partial charge is 0.127 e. The SMILES string of the molecule is CNc1cc(N(C)Cc2csc(C)n2)ccn1. The normalized spacial score (nSPS) is 10.3. The quantitative estimate of drug-likeness (QED) is 0.902. The van der Waals surface area contributed by atoms with Crippen molar-refractivity contribution in [1.82, 2.24) is 9.97 Å². The molecular formula is C12H16N4S. The van der Waals surface area contributed by atoms with Crippen LogP contribution in [0.4, 0.5) is 11.5 Å². The van der Waals surface area contributed by atoms with E-state index in [1.807, 2.05) is 32.3 Å². The first-order valence-corrected chi connectivity index (χ1v) is 6.33. The largest absolute Gasteiger partial charge is 0.373 e. The van der Waals surface area contributed by atoms with E-state index in [0.717, 1.165) is 28.8 Å². The zero-order valence-electron chi connectivity index (χ0n) is 10.3. The number of rotatable bonds is 4. The molecule has 0 aliphatic heterocycles. The van der Waals surface area contributed by atoms with E-state index >= 15 is 0 Å². The molecule has 0 aliphatic rings. The lowest BCUT2D eigenvalue weighted by molar-refractivity contribution is 0.889. The lowest BCUT2D eigenvalue weighted by Gasteiger charge is -2.18. The van der Waals surface area contributed by atoms with Crippen LogP contribution >= 0.6 is 11.3 Å². The summed E-state index contributed by atoms with van der Waals surface area (Å²) >= 11 is 1.69. The van der Waals surface area contributed by atoms with Crippen LogP contribution in [0.15, 0.2) is 23.7 Å². The molecule has 90 valence electrons. The number of aromatic nitrogens is 2. The molecule has 0 saturated carbocycles. The summed E-state index contributed by atoms with van der Waals surface area (Å²) in [6.45, 7) is 2.84. The number of nitrogens with one attached hydrogen (secondary N) is 1. The third kappa shape index (κ3) is 2.94. The second-order valence-corrected chi connectivity index (χ2v) is 4.93. The van der Waals surface area contributed by atoms with Crippen molar-refractivity contribution in [3.8, 4) is 0 Å². The minimum absolute atomic E-state index is 0.817. The van der Waals surface area contributed by atoms with Crippen LogP contribution in [0, 0.1) is 6.92 Å². The van der Waals surface area contributed by atoms with Gasteiger partial charge in [-0.2, -0.15) is 0 Å². The highest BCUT2D eigenvalue weighted by Gasteiger charge is 2.05. The van der Waals surface area contributed by atoms with Gasteiger partial charge in [-0.15, -0.1) is 11.3 Å². The Labute approximate surface area is 105 Å². The molecule has 0 aromatic carbocycles. The maximum atomic E-state index is 4.46. The van der Waals surface area contributed by atoms with Crippen LogP contribution < -0.4 is 10.2 Å². The van der Waals surface area contributed by atoms with Crippen molar-refractivity contribution in [3.05, 3.63) is 34.4 Å². The highest BCUT2D eigenvalue weighted by Crippen LogP contribution is 2.18. The fourth-order valence-electron chi connectivity index (χ4n) is 1.61. The van der Waals surface area contributed by atoms with Crippen LogP contribution in [0.25, 0.3) is 0 Å². The average molecular weight is 248 g/mol. The Balaban J connectivity index is 2.11. The number of anilines is 2. The first kappa shape index (κ1) is 11.9. The number of pyridine rings is 1. The number of aryl methyl sites for hydroxylation is 1. The first-order valence-electron chi connectivity index (χ1n) is 5.45. The maximum absolute atomic E-state index is 4.46. The Bertz CT molecular complexity index is 495. The molecule has 0 bridgehead atoms. The number of nitrogens with zero attached hydrogens (tertiary/aromatic N) is 3. The predicted octanol–water partition coefficient (Wildman–Crippen LogP) is 2.52. The van der Waals surface area contributed by atoms with E-state index in [2.05, 4.69) is 32.6 Å². The highest BCUT2D eigenvalue weighted by molar-refractivity contribution is 7.09. The molecule has 0 amide bonds. The van der Waals surface area contributed by atoms with Gasteiger partial charge in [-0.1, -0.05) is 0 Å². The van der Waals surface area contributed by atoms with Gasteiger partial charge in [0.05, 0.1) is 17.2 Å². The molecule has 2 aromatic heterocycles. The van der Waals surface area contributed by atoms with E-state index < -0.39 is 0 Å². The Morgan fingerprint density at radius 3 is 2.94 bits per heavy atom. The Morgan fingerprint density at radius 1 is 1.47 bits per heavy atom. The van der Waals surface area contributed by atoms with E-state index in [1.54, 1.807) is 11.3 Å². The molecule has 0 radical (unpaired) electrons. The lowest BCUT2D eigenvalue weighted by atomic mass is 10.3. The molecule has 0 atom stereocenters. The summed E-state index contributed by atoms with van der Waals surface area (Å²) in [5, 5.41) is 6.25. The number of hydrogen-bond donors (Lipinski definition) is 1. The molecule has 2 heterocycles. The summed E-state index contributed by atoms with van der Waals surface area (Å²) in [5.41, 5.74) is 2.24. The zero-order valence-corrected chi connectivity index (χ0v) is 11.1. The summed E-state index contributed by atoms with van der Waals surface area (Å²) in [7, 11) is 3.93. The molecule has 17 heavy (non-hydrogen) atoms. The second kappa shape index (κ2) is 5.14. The predicted molar refractivity (Wildman–Crippen MR) is 72.7 cm³/mol. The van der Waals surface area contributed by atoms with Gasteiger partial charge >= 0.3 is 0 Å². The van der Waals surface area contributed by atoms with Crippen LogP contribution in [0.3, 0.4) is 0 Å². The van der Waals surface area contributed by atoms with Crippen LogP contribution in [-0.2, 0) is 6.54 Å². The van der Waals surface area contributed by atoms with Crippen LogP contribution in [0.2, 0.25) is 0 Å². The second-order valence-electron chi connectivity index (χ2n) is 3.86. The summed E-state index contributed by atoms with van der Waals surface area (Å²) in [6, 6.07) is 4.03. The van der Waals surface area contributed by atoms with Crippen molar-refractivity contribution < 1.29 is 0 Å². The molecule has 0 spiro atoms. The average Bonchev–Trinajstić information content (AvgIpc) is 2.75. The maximum Gasteiger partial charge on any atom is 0.127 e. The lowest BCUT2D eigenvalue weighted by Crippen LogP contribution is -2.16. The van der Waals surface area contributed by atoms with Gasteiger partial charge in [0.1, 0.15) is 5.82 Å². The van der Waals surface area contributed by atoms with Crippen molar-refractivity contribution in [3.63, 3.8) is 0 Å². The summed E-state index contributed by atoms with van der Waals surface area (Å²) in [5.74, 6) is 0.879. The monoisotopic (exact) mass is 248 g/mol. The molecule has 0 saturated heterocycles. The molecule has 1 N–H and O–H groups in total. The fourth-order valence-corrected chi connectivity index (χ4v) is 2.21. The van der Waals surface area contributed by atoms with E-state index in [0.29, 0.717) is 0 Å². The standard InChI is InChI=1S/C12H16N4S/c1-9-15-10(8-17-9)7-16(3)11-4-5-14-12(6-11)13-2/h4-6,8H,7H2,1-3H3,(H,13,14). The number of hydrogen-bond acceptors (Lipinski definition) is 5. The van der Waals surface area contributed by atoms with Gasteiger partial charge in [0.15, 0.2) is 0 Å². The summed E-state index contributed by atoms with van der Waals surface area (Å²) < 4.78 is 0. The molecular weight excluding hydrogens is 232 g/mol. The first-order chi connectivity index (χ1) is 8.19. The molecule has 0 aliphatic carbocycles. The highest BCUT2D eigenvalue weighted by atomic mass is 32.1. The van der Waals surface area contributed by atoms with Gasteiger partial charge in [0.25, 0.3) is 0 Å². The van der Waals surface area contributed by atoms with Crippen LogP contribution in [0.5, 0.6) is 0 Å². The van der Waals surface area contributed by atoms with Crippen molar-refractivity contribution in [2.45, 2.75) is 13.5 Å². The summed E-state index contributed by atoms with van der Waals surface area (Å²) in [4.78, 5) is 10.8. The van der Waals surface area contributed by atoms with Crippen molar-refractivity contribution >= 4 is 22.8 Å². The number of thiazole rings is 1. The van der Waals surface area contributed by atoms with E-state index in [1.165, 1.54) is 0 Å². The Morgan fingerprint density at radius 2 is 2.29 bits per heavy atom. The van der Waals surface area contributed by atoms with Gasteiger partial charge in [-0.05, 0) is 13.0 Å². The van der Waals surface area contributed by atoms with Crippen molar-refractivity contribution in [1.29, 1.82) is 0 Å². The Hall–Kier alpha value is -1.62. The van der Waals surface area contributed by atoms with E-state index in [9.17, 15) is 0 Å². The van der Waals surface area contributed by atoms with Gasteiger partial charge in [-0.25, -0.2) is 9.97 Å². The van der Waals surface area contributed by atoms with Gasteiger partial charge < -0.3 is 10.2 Å². The molecule has 4 nitrogen and oxygen atoms in total. The van der Waals surface area contributed by atoms with Crippen LogP contribution in [0.1, 0.15) is 10.7 Å². The topological polar surface area (TPSA) is 41.0 Å². The molecule has 2 aromatic rings. The van der Waals surface area contributed by atoms with E-state index in [4.69, 9.17) is 0 Å². The molecule has 0 unspecified atom stereocenters. The Kier molecular flexibility index (Phi) is 3.58. The van der Waals surface area contributed by atoms with Gasteiger partial charge in [-0.3, -0.25) is 0 Å². The van der Waals surface area contributed by atoms with E-state index in [-0.39, 0.29) is 0 Å². The summed E-state index contributed by atoms with van der Waals surface area (Å²) in [6.07, 6.45) is 1.81.